The highest BCUT2D eigenvalue weighted by molar-refractivity contribution is 5.79. The molecular weight excluding hydrogens is 288 g/mol. The zero-order chi connectivity index (χ0) is 16.3. The smallest absolute Gasteiger partial charge is 0.260 e. The molecule has 0 saturated carbocycles. The summed E-state index contributed by atoms with van der Waals surface area (Å²) in [4.78, 5) is 16.8. The second-order valence-corrected chi connectivity index (χ2v) is 5.41. The summed E-state index contributed by atoms with van der Waals surface area (Å²) in [5, 5.41) is 6.71. The number of carbonyl (C=O) groups excluding carboxylic acids is 1. The molecule has 0 spiro atoms. The summed E-state index contributed by atoms with van der Waals surface area (Å²) in [5.74, 6) is -0.157. The number of oxime groups is 1. The van der Waals surface area contributed by atoms with E-state index in [0.29, 0.717) is 0 Å². The Kier molecular flexibility index (Phi) is 6.85. The average Bonchev–Trinajstić information content (AvgIpc) is 2.59. The van der Waals surface area contributed by atoms with Gasteiger partial charge in [0.25, 0.3) is 5.91 Å². The third-order valence-corrected chi connectivity index (χ3v) is 3.39. The van der Waals surface area contributed by atoms with Crippen molar-refractivity contribution in [1.82, 2.24) is 5.32 Å². The van der Waals surface area contributed by atoms with Gasteiger partial charge in [0.2, 0.25) is 0 Å². The van der Waals surface area contributed by atoms with Crippen LogP contribution >= 0.6 is 0 Å². The van der Waals surface area contributed by atoms with Gasteiger partial charge in [0.1, 0.15) is 0 Å². The lowest BCUT2D eigenvalue weighted by atomic mass is 10.1. The topological polar surface area (TPSA) is 50.7 Å². The molecule has 0 fully saturated rings. The first-order chi connectivity index (χ1) is 11.2. The SMILES string of the molecule is C[C@@H](CCc1ccccc1)NC(=O)CO/N=C\c1ccccc1. The third-order valence-electron chi connectivity index (χ3n) is 3.39. The summed E-state index contributed by atoms with van der Waals surface area (Å²) < 4.78 is 0. The number of hydrogen-bond donors (Lipinski definition) is 1. The molecular formula is C19H22N2O2. The van der Waals surface area contributed by atoms with E-state index in [1.807, 2.05) is 55.5 Å². The zero-order valence-electron chi connectivity index (χ0n) is 13.3. The summed E-state index contributed by atoms with van der Waals surface area (Å²) in [6.45, 7) is 1.92. The van der Waals surface area contributed by atoms with E-state index in [4.69, 9.17) is 4.84 Å². The van der Waals surface area contributed by atoms with Gasteiger partial charge < -0.3 is 10.2 Å². The Morgan fingerprint density at radius 3 is 2.48 bits per heavy atom. The van der Waals surface area contributed by atoms with Gasteiger partial charge in [-0.15, -0.1) is 0 Å². The van der Waals surface area contributed by atoms with Gasteiger partial charge in [0, 0.05) is 6.04 Å². The van der Waals surface area contributed by atoms with Crippen LogP contribution < -0.4 is 5.32 Å². The molecule has 0 heterocycles. The van der Waals surface area contributed by atoms with Crippen molar-refractivity contribution in [3.63, 3.8) is 0 Å². The minimum atomic E-state index is -0.157. The van der Waals surface area contributed by atoms with Gasteiger partial charge in [0.15, 0.2) is 6.61 Å². The molecule has 2 aromatic rings. The van der Waals surface area contributed by atoms with Gasteiger partial charge in [-0.3, -0.25) is 4.79 Å². The molecule has 0 saturated heterocycles. The van der Waals surface area contributed by atoms with Crippen molar-refractivity contribution in [2.45, 2.75) is 25.8 Å². The van der Waals surface area contributed by atoms with Crippen LogP contribution in [0, 0.1) is 0 Å². The van der Waals surface area contributed by atoms with Gasteiger partial charge >= 0.3 is 0 Å². The van der Waals surface area contributed by atoms with Gasteiger partial charge in [-0.1, -0.05) is 65.8 Å². The Hall–Kier alpha value is -2.62. The number of nitrogens with one attached hydrogen (secondary N) is 1. The number of rotatable bonds is 8. The molecule has 1 N–H and O–H groups in total. The normalized spacial score (nSPS) is 12.0. The molecule has 4 nitrogen and oxygen atoms in total. The van der Waals surface area contributed by atoms with Gasteiger partial charge in [-0.05, 0) is 30.9 Å². The Morgan fingerprint density at radius 1 is 1.13 bits per heavy atom. The number of nitrogens with zero attached hydrogens (tertiary/aromatic N) is 1. The first kappa shape index (κ1) is 16.7. The molecule has 1 amide bonds. The molecule has 0 aromatic heterocycles. The van der Waals surface area contributed by atoms with Crippen LogP contribution in [0.3, 0.4) is 0 Å². The van der Waals surface area contributed by atoms with Crippen molar-refractivity contribution in [3.05, 3.63) is 71.8 Å². The molecule has 0 radical (unpaired) electrons. The largest absolute Gasteiger partial charge is 0.386 e. The lowest BCUT2D eigenvalue weighted by Crippen LogP contribution is -2.35. The van der Waals surface area contributed by atoms with E-state index in [9.17, 15) is 4.79 Å². The minimum absolute atomic E-state index is 0.0704. The van der Waals surface area contributed by atoms with Crippen LogP contribution in [0.25, 0.3) is 0 Å². The number of aryl methyl sites for hydroxylation is 1. The summed E-state index contributed by atoms with van der Waals surface area (Å²) in [6, 6.07) is 19.9. The first-order valence-electron chi connectivity index (χ1n) is 7.77. The van der Waals surface area contributed by atoms with Crippen molar-refractivity contribution >= 4 is 12.1 Å². The molecule has 0 aliphatic carbocycles. The van der Waals surface area contributed by atoms with E-state index < -0.39 is 0 Å². The predicted octanol–water partition coefficient (Wildman–Crippen LogP) is 3.17. The van der Waals surface area contributed by atoms with Gasteiger partial charge in [0.05, 0.1) is 6.21 Å². The molecule has 23 heavy (non-hydrogen) atoms. The number of carbonyl (C=O) groups is 1. The molecule has 0 aliphatic heterocycles. The Balaban J connectivity index is 1.63. The number of hydrogen-bond acceptors (Lipinski definition) is 3. The zero-order valence-corrected chi connectivity index (χ0v) is 13.3. The van der Waals surface area contributed by atoms with Gasteiger partial charge in [-0.25, -0.2) is 0 Å². The fourth-order valence-corrected chi connectivity index (χ4v) is 2.15. The Morgan fingerprint density at radius 2 is 1.78 bits per heavy atom. The maximum atomic E-state index is 11.8. The number of benzene rings is 2. The molecule has 120 valence electrons. The molecule has 4 heteroatoms. The summed E-state index contributed by atoms with van der Waals surface area (Å²) in [6.07, 6.45) is 3.42. The van der Waals surface area contributed by atoms with Crippen LogP contribution in [-0.2, 0) is 16.1 Å². The highest BCUT2D eigenvalue weighted by Gasteiger charge is 2.07. The maximum absolute atomic E-state index is 11.8. The summed E-state index contributed by atoms with van der Waals surface area (Å²) in [5.41, 5.74) is 2.21. The van der Waals surface area contributed by atoms with Crippen molar-refractivity contribution in [2.75, 3.05) is 6.61 Å². The van der Waals surface area contributed by atoms with E-state index in [2.05, 4.69) is 22.6 Å². The third kappa shape index (κ3) is 6.78. The Bertz CT molecular complexity index is 612. The summed E-state index contributed by atoms with van der Waals surface area (Å²) in [7, 11) is 0. The molecule has 0 aliphatic rings. The van der Waals surface area contributed by atoms with Crippen molar-refractivity contribution in [1.29, 1.82) is 0 Å². The molecule has 0 bridgehead atoms. The monoisotopic (exact) mass is 310 g/mol. The lowest BCUT2D eigenvalue weighted by molar-refractivity contribution is -0.126. The fraction of sp³-hybridized carbons (Fsp3) is 0.263. The van der Waals surface area contributed by atoms with E-state index in [1.165, 1.54) is 5.56 Å². The maximum Gasteiger partial charge on any atom is 0.260 e. The minimum Gasteiger partial charge on any atom is -0.386 e. The molecule has 2 rings (SSSR count). The average molecular weight is 310 g/mol. The van der Waals surface area contributed by atoms with Crippen molar-refractivity contribution in [3.8, 4) is 0 Å². The van der Waals surface area contributed by atoms with Crippen LogP contribution in [0.2, 0.25) is 0 Å². The van der Waals surface area contributed by atoms with Crippen molar-refractivity contribution < 1.29 is 9.63 Å². The predicted molar refractivity (Wildman–Crippen MR) is 92.4 cm³/mol. The standard InChI is InChI=1S/C19H22N2O2/c1-16(12-13-17-8-4-2-5-9-17)21-19(22)15-23-20-14-18-10-6-3-7-11-18/h2-11,14,16H,12-13,15H2,1H3,(H,21,22)/b20-14-/t16-/m0/s1. The Labute approximate surface area is 137 Å². The second kappa shape index (κ2) is 9.41. The lowest BCUT2D eigenvalue weighted by Gasteiger charge is -2.13. The molecule has 0 unspecified atom stereocenters. The van der Waals surface area contributed by atoms with E-state index >= 15 is 0 Å². The number of amides is 1. The van der Waals surface area contributed by atoms with Gasteiger partial charge in [-0.2, -0.15) is 0 Å². The van der Waals surface area contributed by atoms with E-state index in [-0.39, 0.29) is 18.6 Å². The van der Waals surface area contributed by atoms with E-state index in [0.717, 1.165) is 18.4 Å². The van der Waals surface area contributed by atoms with Crippen LogP contribution in [0.4, 0.5) is 0 Å². The van der Waals surface area contributed by atoms with Crippen LogP contribution in [0.5, 0.6) is 0 Å². The quantitative estimate of drug-likeness (QED) is 0.601. The van der Waals surface area contributed by atoms with Crippen LogP contribution in [0.15, 0.2) is 65.8 Å². The second-order valence-electron chi connectivity index (χ2n) is 5.41. The fourth-order valence-electron chi connectivity index (χ4n) is 2.15. The van der Waals surface area contributed by atoms with Crippen LogP contribution in [0.1, 0.15) is 24.5 Å². The van der Waals surface area contributed by atoms with Crippen LogP contribution in [-0.4, -0.2) is 24.8 Å². The first-order valence-corrected chi connectivity index (χ1v) is 7.77. The highest BCUT2D eigenvalue weighted by Crippen LogP contribution is 2.04. The summed E-state index contributed by atoms with van der Waals surface area (Å²) >= 11 is 0. The van der Waals surface area contributed by atoms with Crippen molar-refractivity contribution in [2.24, 2.45) is 5.16 Å². The highest BCUT2D eigenvalue weighted by atomic mass is 16.6. The van der Waals surface area contributed by atoms with E-state index in [1.54, 1.807) is 6.21 Å². The molecule has 2 aromatic carbocycles. The molecule has 1 atom stereocenters.